The summed E-state index contributed by atoms with van der Waals surface area (Å²) in [7, 11) is 0. The highest BCUT2D eigenvalue weighted by atomic mass is 16.3. The smallest absolute Gasteiger partial charge is 0.234 e. The molecule has 2 aliphatic heterocycles. The van der Waals surface area contributed by atoms with Crippen molar-refractivity contribution < 1.29 is 34.5 Å². The lowest BCUT2D eigenvalue weighted by Gasteiger charge is -2.44. The van der Waals surface area contributed by atoms with Gasteiger partial charge in [0.15, 0.2) is 0 Å². The third-order valence-corrected chi connectivity index (χ3v) is 10.8. The van der Waals surface area contributed by atoms with Gasteiger partial charge in [0.1, 0.15) is 17.2 Å². The lowest BCUT2D eigenvalue weighted by molar-refractivity contribution is -0.142. The average Bonchev–Trinajstić information content (AvgIpc) is 3.47. The van der Waals surface area contributed by atoms with Crippen molar-refractivity contribution in [2.45, 2.75) is 38.0 Å². The summed E-state index contributed by atoms with van der Waals surface area (Å²) in [6, 6.07) is 18.8. The van der Waals surface area contributed by atoms with Crippen LogP contribution in [-0.2, 0) is 38.4 Å². The quantitative estimate of drug-likeness (QED) is 0.228. The number of hydrogen-bond donors (Lipinski definition) is 3. The summed E-state index contributed by atoms with van der Waals surface area (Å²) in [5.74, 6) is -4.50. The molecule has 6 atom stereocenters. The third-order valence-electron chi connectivity index (χ3n) is 10.8. The molecule has 2 aliphatic carbocycles. The molecule has 9 heteroatoms. The van der Waals surface area contributed by atoms with Crippen LogP contribution in [0.15, 0.2) is 91.0 Å². The molecule has 3 aromatic rings. The van der Waals surface area contributed by atoms with Gasteiger partial charge in [0, 0.05) is 24.6 Å². The normalized spacial score (nSPS) is 26.3. The molecular weight excluding hydrogens is 608 g/mol. The SMILES string of the molecule is C=CCc1cccc([C@H]2C3=CC[C@@H]4C(=O)N(CCc5ccc(O)cc5)C(=O)[C@@H]4[C@@H]3C[C@H]3C(=O)N(CCc4ccc(O)cc4)C(=O)[C@@H]23)c1O. The Hall–Kier alpha value is -5.18. The molecule has 48 heavy (non-hydrogen) atoms. The summed E-state index contributed by atoms with van der Waals surface area (Å²) in [5.41, 5.74) is 3.80. The second kappa shape index (κ2) is 12.4. The van der Waals surface area contributed by atoms with E-state index in [1.807, 2.05) is 12.1 Å². The van der Waals surface area contributed by atoms with Gasteiger partial charge < -0.3 is 15.3 Å². The summed E-state index contributed by atoms with van der Waals surface area (Å²) in [5, 5.41) is 30.9. The van der Waals surface area contributed by atoms with E-state index in [0.29, 0.717) is 36.8 Å². The van der Waals surface area contributed by atoms with Crippen molar-refractivity contribution >= 4 is 23.6 Å². The van der Waals surface area contributed by atoms with Crippen LogP contribution in [0.1, 0.15) is 41.0 Å². The highest BCUT2D eigenvalue weighted by molar-refractivity contribution is 6.08. The van der Waals surface area contributed by atoms with Crippen molar-refractivity contribution in [3.8, 4) is 17.2 Å². The fourth-order valence-electron chi connectivity index (χ4n) is 8.50. The molecular formula is C39H38N2O7. The predicted octanol–water partition coefficient (Wildman–Crippen LogP) is 4.65. The van der Waals surface area contributed by atoms with Gasteiger partial charge in [-0.05, 0) is 79.0 Å². The first kappa shape index (κ1) is 31.4. The van der Waals surface area contributed by atoms with E-state index in [-0.39, 0.29) is 60.4 Å². The van der Waals surface area contributed by atoms with Crippen LogP contribution < -0.4 is 0 Å². The van der Waals surface area contributed by atoms with Crippen LogP contribution in [0.25, 0.3) is 0 Å². The highest BCUT2D eigenvalue weighted by Crippen LogP contribution is 2.59. The molecule has 0 aromatic heterocycles. The summed E-state index contributed by atoms with van der Waals surface area (Å²) >= 11 is 0. The van der Waals surface area contributed by atoms with Gasteiger partial charge >= 0.3 is 0 Å². The number of phenolic OH excluding ortho intramolecular Hbond substituents is 3. The molecule has 3 N–H and O–H groups in total. The Labute approximate surface area is 278 Å². The molecule has 4 amide bonds. The number of amides is 4. The van der Waals surface area contributed by atoms with Crippen molar-refractivity contribution in [1.29, 1.82) is 0 Å². The number of allylic oxidation sites excluding steroid dienone is 3. The number of carbonyl (C=O) groups is 4. The van der Waals surface area contributed by atoms with Gasteiger partial charge in [0.2, 0.25) is 23.6 Å². The van der Waals surface area contributed by atoms with Crippen LogP contribution in [0.2, 0.25) is 0 Å². The Kier molecular flexibility index (Phi) is 8.15. The molecule has 4 aliphatic rings. The first-order valence-electron chi connectivity index (χ1n) is 16.6. The number of nitrogens with zero attached hydrogens (tertiary/aromatic N) is 2. The first-order chi connectivity index (χ1) is 23.2. The maximum absolute atomic E-state index is 14.2. The van der Waals surface area contributed by atoms with E-state index in [1.54, 1.807) is 66.7 Å². The zero-order chi connectivity index (χ0) is 33.7. The molecule has 3 aromatic carbocycles. The minimum absolute atomic E-state index is 0.0527. The summed E-state index contributed by atoms with van der Waals surface area (Å²) in [6.07, 6.45) is 5.57. The second-order valence-corrected chi connectivity index (χ2v) is 13.4. The Bertz CT molecular complexity index is 1830. The van der Waals surface area contributed by atoms with Crippen LogP contribution in [-0.4, -0.2) is 61.8 Å². The maximum Gasteiger partial charge on any atom is 0.234 e. The van der Waals surface area contributed by atoms with E-state index in [9.17, 15) is 34.5 Å². The van der Waals surface area contributed by atoms with Crippen LogP contribution in [0.5, 0.6) is 17.2 Å². The van der Waals surface area contributed by atoms with Gasteiger partial charge in [-0.15, -0.1) is 6.58 Å². The average molecular weight is 647 g/mol. The zero-order valence-electron chi connectivity index (χ0n) is 26.5. The van der Waals surface area contributed by atoms with E-state index in [2.05, 4.69) is 6.58 Å². The van der Waals surface area contributed by atoms with E-state index in [0.717, 1.165) is 16.7 Å². The van der Waals surface area contributed by atoms with Gasteiger partial charge in [0.25, 0.3) is 0 Å². The number of benzene rings is 3. The summed E-state index contributed by atoms with van der Waals surface area (Å²) < 4.78 is 0. The highest BCUT2D eigenvalue weighted by Gasteiger charge is 2.62. The van der Waals surface area contributed by atoms with Crippen LogP contribution >= 0.6 is 0 Å². The van der Waals surface area contributed by atoms with Gasteiger partial charge in [-0.25, -0.2) is 0 Å². The number of carbonyl (C=O) groups excluding carboxylic acids is 4. The lowest BCUT2D eigenvalue weighted by Crippen LogP contribution is -2.43. The molecule has 0 bridgehead atoms. The molecule has 3 fully saturated rings. The summed E-state index contributed by atoms with van der Waals surface area (Å²) in [4.78, 5) is 58.8. The van der Waals surface area contributed by atoms with Crippen LogP contribution in [0.4, 0.5) is 0 Å². The molecule has 0 unspecified atom stereocenters. The van der Waals surface area contributed by atoms with E-state index >= 15 is 0 Å². The molecule has 2 heterocycles. The number of imide groups is 2. The number of hydrogen-bond acceptors (Lipinski definition) is 7. The zero-order valence-corrected chi connectivity index (χ0v) is 26.5. The minimum Gasteiger partial charge on any atom is -0.508 e. The molecule has 2 saturated heterocycles. The van der Waals surface area contributed by atoms with E-state index in [4.69, 9.17) is 0 Å². The fourth-order valence-corrected chi connectivity index (χ4v) is 8.50. The first-order valence-corrected chi connectivity index (χ1v) is 16.6. The molecule has 0 radical (unpaired) electrons. The van der Waals surface area contributed by atoms with E-state index in [1.165, 1.54) is 9.80 Å². The molecule has 7 rings (SSSR count). The standard InChI is InChI=1S/C39H38N2O7/c1-2-4-24-5-3-6-28(35(24)44)32-27-15-16-29-33(38(47)40(36(29)45)19-17-22-7-11-25(42)12-8-22)30(27)21-31-34(32)39(48)41(37(31)46)20-18-23-9-13-26(43)14-10-23/h2-3,5-15,29-34,42-44H,1,4,16-21H2/t29-,30+,31+,32+,33-,34+/m0/s1. The van der Waals surface area contributed by atoms with Crippen molar-refractivity contribution in [1.82, 2.24) is 9.80 Å². The molecule has 9 nitrogen and oxygen atoms in total. The Balaban J connectivity index is 1.22. The Morgan fingerprint density at radius 3 is 1.83 bits per heavy atom. The molecule has 246 valence electrons. The van der Waals surface area contributed by atoms with Crippen molar-refractivity contribution in [2.75, 3.05) is 13.1 Å². The fraction of sp³-hybridized carbons (Fsp3) is 0.333. The number of fused-ring (bicyclic) bond motifs is 4. The predicted molar refractivity (Wildman–Crippen MR) is 177 cm³/mol. The van der Waals surface area contributed by atoms with Gasteiger partial charge in [-0.3, -0.25) is 29.0 Å². The van der Waals surface area contributed by atoms with Crippen molar-refractivity contribution in [3.63, 3.8) is 0 Å². The van der Waals surface area contributed by atoms with Crippen molar-refractivity contribution in [3.05, 3.63) is 113 Å². The number of aromatic hydroxyl groups is 3. The van der Waals surface area contributed by atoms with Crippen molar-refractivity contribution in [2.24, 2.45) is 29.6 Å². The largest absolute Gasteiger partial charge is 0.508 e. The lowest BCUT2D eigenvalue weighted by atomic mass is 9.57. The number of phenols is 3. The van der Waals surface area contributed by atoms with Crippen LogP contribution in [0, 0.1) is 29.6 Å². The Morgan fingerprint density at radius 2 is 1.25 bits per heavy atom. The third kappa shape index (κ3) is 5.27. The molecule has 0 spiro atoms. The maximum atomic E-state index is 14.2. The summed E-state index contributed by atoms with van der Waals surface area (Å²) in [6.45, 7) is 4.19. The number of para-hydroxylation sites is 1. The second-order valence-electron chi connectivity index (χ2n) is 13.4. The topological polar surface area (TPSA) is 135 Å². The van der Waals surface area contributed by atoms with Crippen LogP contribution in [0.3, 0.4) is 0 Å². The Morgan fingerprint density at radius 1 is 0.688 bits per heavy atom. The van der Waals surface area contributed by atoms with Gasteiger partial charge in [0.05, 0.1) is 23.7 Å². The molecule has 1 saturated carbocycles. The monoisotopic (exact) mass is 646 g/mol. The van der Waals surface area contributed by atoms with Gasteiger partial charge in [-0.1, -0.05) is 60.2 Å². The van der Waals surface area contributed by atoms with Gasteiger partial charge in [-0.2, -0.15) is 0 Å². The van der Waals surface area contributed by atoms with E-state index < -0.39 is 35.5 Å². The number of rotatable bonds is 9. The minimum atomic E-state index is -0.751. The number of likely N-dealkylation sites (tertiary alicyclic amines) is 2.